The largest absolute Gasteiger partial charge is 0.467 e. The van der Waals surface area contributed by atoms with Crippen LogP contribution in [-0.2, 0) is 17.8 Å². The number of furan rings is 1. The summed E-state index contributed by atoms with van der Waals surface area (Å²) in [7, 11) is 1.69. The quantitative estimate of drug-likeness (QED) is 0.592. The molecule has 120 valence electrons. The van der Waals surface area contributed by atoms with E-state index in [1.165, 1.54) is 0 Å². The van der Waals surface area contributed by atoms with Gasteiger partial charge in [-0.05, 0) is 26.0 Å². The Morgan fingerprint density at radius 3 is 2.91 bits per heavy atom. The molecule has 0 aliphatic rings. The average Bonchev–Trinajstić information content (AvgIpc) is 3.19. The first kappa shape index (κ1) is 16.0. The molecule has 22 heavy (non-hydrogen) atoms. The highest BCUT2D eigenvalue weighted by Crippen LogP contribution is 2.12. The molecule has 8 heteroatoms. The van der Waals surface area contributed by atoms with Crippen LogP contribution in [0.4, 0.5) is 0 Å². The zero-order valence-corrected chi connectivity index (χ0v) is 13.0. The smallest absolute Gasteiger partial charge is 0.246 e. The summed E-state index contributed by atoms with van der Waals surface area (Å²) in [6.07, 6.45) is 1.45. The van der Waals surface area contributed by atoms with Crippen LogP contribution in [0, 0.1) is 0 Å². The van der Waals surface area contributed by atoms with Gasteiger partial charge in [0.2, 0.25) is 5.89 Å². The molecule has 0 saturated carbocycles. The molecule has 2 N–H and O–H groups in total. The van der Waals surface area contributed by atoms with E-state index in [9.17, 15) is 0 Å². The number of nitrogens with zero attached hydrogens (tertiary/aromatic N) is 3. The number of aromatic nitrogens is 2. The lowest BCUT2D eigenvalue weighted by molar-refractivity contribution is 0.0683. The van der Waals surface area contributed by atoms with Crippen LogP contribution in [0.25, 0.3) is 0 Å². The minimum atomic E-state index is -0.182. The third kappa shape index (κ3) is 4.59. The minimum absolute atomic E-state index is 0.182. The molecule has 0 bridgehead atoms. The summed E-state index contributed by atoms with van der Waals surface area (Å²) in [5.41, 5.74) is 0. The average molecular weight is 307 g/mol. The van der Waals surface area contributed by atoms with E-state index in [1.54, 1.807) is 13.3 Å². The van der Waals surface area contributed by atoms with Gasteiger partial charge in [-0.3, -0.25) is 4.99 Å². The van der Waals surface area contributed by atoms with Crippen molar-refractivity contribution in [2.75, 3.05) is 13.7 Å². The molecule has 0 amide bonds. The number of nitrogens with one attached hydrogen (secondary N) is 2. The highest BCUT2D eigenvalue weighted by molar-refractivity contribution is 5.79. The van der Waals surface area contributed by atoms with Crippen LogP contribution in [0.15, 0.2) is 32.3 Å². The predicted octanol–water partition coefficient (Wildman–Crippen LogP) is 1.63. The second kappa shape index (κ2) is 8.18. The van der Waals surface area contributed by atoms with E-state index in [4.69, 9.17) is 13.7 Å². The first-order valence-corrected chi connectivity index (χ1v) is 7.14. The summed E-state index contributed by atoms with van der Waals surface area (Å²) in [6, 6.07) is 3.73. The molecule has 2 rings (SSSR count). The SMILES string of the molecule is CCOC(C)c1noc(CNC(=NC)NCc2ccco2)n1. The van der Waals surface area contributed by atoms with E-state index in [0.717, 1.165) is 5.76 Å². The van der Waals surface area contributed by atoms with Gasteiger partial charge < -0.3 is 24.3 Å². The second-order valence-corrected chi connectivity index (χ2v) is 4.50. The van der Waals surface area contributed by atoms with Crippen LogP contribution in [0.1, 0.15) is 37.4 Å². The first-order valence-electron chi connectivity index (χ1n) is 7.14. The van der Waals surface area contributed by atoms with E-state index in [2.05, 4.69) is 25.8 Å². The second-order valence-electron chi connectivity index (χ2n) is 4.50. The summed E-state index contributed by atoms with van der Waals surface area (Å²) < 4.78 is 15.8. The van der Waals surface area contributed by atoms with Gasteiger partial charge in [-0.1, -0.05) is 5.16 Å². The highest BCUT2D eigenvalue weighted by atomic mass is 16.5. The van der Waals surface area contributed by atoms with Crippen molar-refractivity contribution >= 4 is 5.96 Å². The van der Waals surface area contributed by atoms with Crippen molar-refractivity contribution in [1.29, 1.82) is 0 Å². The molecular weight excluding hydrogens is 286 g/mol. The number of guanidine groups is 1. The Bertz CT molecular complexity index is 579. The van der Waals surface area contributed by atoms with Gasteiger partial charge in [0.05, 0.1) is 19.4 Å². The number of hydrogen-bond donors (Lipinski definition) is 2. The van der Waals surface area contributed by atoms with Crippen molar-refractivity contribution < 1.29 is 13.7 Å². The van der Waals surface area contributed by atoms with Crippen molar-refractivity contribution in [2.24, 2.45) is 4.99 Å². The van der Waals surface area contributed by atoms with E-state index in [-0.39, 0.29) is 6.10 Å². The molecule has 0 aliphatic heterocycles. The molecule has 0 radical (unpaired) electrons. The fourth-order valence-electron chi connectivity index (χ4n) is 1.79. The van der Waals surface area contributed by atoms with Gasteiger partial charge in [-0.15, -0.1) is 0 Å². The number of ether oxygens (including phenoxy) is 1. The Morgan fingerprint density at radius 1 is 1.41 bits per heavy atom. The molecule has 0 aliphatic carbocycles. The van der Waals surface area contributed by atoms with Crippen molar-refractivity contribution in [2.45, 2.75) is 33.0 Å². The predicted molar refractivity (Wildman–Crippen MR) is 80.1 cm³/mol. The van der Waals surface area contributed by atoms with E-state index >= 15 is 0 Å². The number of rotatable bonds is 7. The first-order chi connectivity index (χ1) is 10.7. The van der Waals surface area contributed by atoms with Crippen LogP contribution in [-0.4, -0.2) is 29.8 Å². The molecular formula is C14H21N5O3. The maximum absolute atomic E-state index is 5.42. The zero-order chi connectivity index (χ0) is 15.8. The van der Waals surface area contributed by atoms with Gasteiger partial charge in [-0.25, -0.2) is 0 Å². The van der Waals surface area contributed by atoms with Crippen LogP contribution in [0.5, 0.6) is 0 Å². The molecule has 0 spiro atoms. The fraction of sp³-hybridized carbons (Fsp3) is 0.500. The Balaban J connectivity index is 1.80. The van der Waals surface area contributed by atoms with Crippen molar-refractivity contribution in [1.82, 2.24) is 20.8 Å². The van der Waals surface area contributed by atoms with Gasteiger partial charge in [0.1, 0.15) is 11.9 Å². The van der Waals surface area contributed by atoms with Crippen molar-refractivity contribution in [3.63, 3.8) is 0 Å². The number of hydrogen-bond acceptors (Lipinski definition) is 6. The maximum Gasteiger partial charge on any atom is 0.246 e. The van der Waals surface area contributed by atoms with Crippen LogP contribution in [0.3, 0.4) is 0 Å². The lowest BCUT2D eigenvalue weighted by atomic mass is 10.4. The lowest BCUT2D eigenvalue weighted by Gasteiger charge is -2.08. The third-order valence-electron chi connectivity index (χ3n) is 2.90. The minimum Gasteiger partial charge on any atom is -0.467 e. The van der Waals surface area contributed by atoms with Gasteiger partial charge in [0.25, 0.3) is 0 Å². The van der Waals surface area contributed by atoms with E-state index in [0.29, 0.717) is 37.4 Å². The fourth-order valence-corrected chi connectivity index (χ4v) is 1.79. The molecule has 0 fully saturated rings. The van der Waals surface area contributed by atoms with Crippen LogP contribution >= 0.6 is 0 Å². The highest BCUT2D eigenvalue weighted by Gasteiger charge is 2.13. The van der Waals surface area contributed by atoms with E-state index < -0.39 is 0 Å². The zero-order valence-electron chi connectivity index (χ0n) is 13.0. The Hall–Kier alpha value is -2.35. The molecule has 0 aromatic carbocycles. The van der Waals surface area contributed by atoms with Crippen LogP contribution < -0.4 is 10.6 Å². The van der Waals surface area contributed by atoms with Crippen molar-refractivity contribution in [3.8, 4) is 0 Å². The van der Waals surface area contributed by atoms with E-state index in [1.807, 2.05) is 26.0 Å². The summed E-state index contributed by atoms with van der Waals surface area (Å²) >= 11 is 0. The maximum atomic E-state index is 5.42. The summed E-state index contributed by atoms with van der Waals surface area (Å²) in [6.45, 7) is 5.34. The Morgan fingerprint density at radius 2 is 2.23 bits per heavy atom. The summed E-state index contributed by atoms with van der Waals surface area (Å²) in [5, 5.41) is 10.1. The third-order valence-corrected chi connectivity index (χ3v) is 2.90. The molecule has 0 saturated heterocycles. The lowest BCUT2D eigenvalue weighted by Crippen LogP contribution is -2.36. The monoisotopic (exact) mass is 307 g/mol. The van der Waals surface area contributed by atoms with Gasteiger partial charge in [0, 0.05) is 13.7 Å². The summed E-state index contributed by atoms with van der Waals surface area (Å²) in [4.78, 5) is 8.39. The Kier molecular flexibility index (Phi) is 5.96. The number of aliphatic imine (C=N–C) groups is 1. The van der Waals surface area contributed by atoms with Crippen molar-refractivity contribution in [3.05, 3.63) is 35.9 Å². The molecule has 2 aromatic heterocycles. The molecule has 8 nitrogen and oxygen atoms in total. The topological polar surface area (TPSA) is 97.7 Å². The van der Waals surface area contributed by atoms with Gasteiger partial charge in [0.15, 0.2) is 11.8 Å². The van der Waals surface area contributed by atoms with Gasteiger partial charge >= 0.3 is 0 Å². The standard InChI is InChI=1S/C14H21N5O3/c1-4-20-10(2)13-18-12(22-19-13)9-17-14(15-3)16-8-11-6-5-7-21-11/h5-7,10H,4,8-9H2,1-3H3,(H2,15,16,17). The molecule has 2 aromatic rings. The normalized spacial score (nSPS) is 13.1. The summed E-state index contributed by atoms with van der Waals surface area (Å²) in [5.74, 6) is 2.46. The molecule has 2 heterocycles. The van der Waals surface area contributed by atoms with Crippen LogP contribution in [0.2, 0.25) is 0 Å². The van der Waals surface area contributed by atoms with Gasteiger partial charge in [-0.2, -0.15) is 4.98 Å². The molecule has 1 atom stereocenters. The molecule has 1 unspecified atom stereocenters. The Labute approximate surface area is 128 Å².